The fraction of sp³-hybridized carbons (Fsp3) is 0.875. The van der Waals surface area contributed by atoms with Gasteiger partial charge in [-0.2, -0.15) is 0 Å². The normalized spacial score (nSPS) is 49.3. The molecule has 2 N–H and O–H groups in total. The molecule has 2 unspecified atom stereocenters. The van der Waals surface area contributed by atoms with Crippen LogP contribution >= 0.6 is 0 Å². The average Bonchev–Trinajstić information content (AvgIpc) is 3.35. The predicted molar refractivity (Wildman–Crippen MR) is 115 cm³/mol. The summed E-state index contributed by atoms with van der Waals surface area (Å²) in [4.78, 5) is 30.0. The van der Waals surface area contributed by atoms with Gasteiger partial charge in [-0.15, -0.1) is 0 Å². The number of nitrogens with one attached hydrogen (secondary N) is 2. The summed E-state index contributed by atoms with van der Waals surface area (Å²) in [6.07, 6.45) is 10.1. The first-order chi connectivity index (χ1) is 14.5. The van der Waals surface area contributed by atoms with Crippen LogP contribution in [0.2, 0.25) is 0 Å². The van der Waals surface area contributed by atoms with Crippen LogP contribution in [0.25, 0.3) is 0 Å². The van der Waals surface area contributed by atoms with Gasteiger partial charge in [0.15, 0.2) is 0 Å². The molecule has 8 atom stereocenters. The van der Waals surface area contributed by atoms with E-state index in [-0.39, 0.29) is 23.0 Å². The molecule has 30 heavy (non-hydrogen) atoms. The van der Waals surface area contributed by atoms with E-state index < -0.39 is 0 Å². The number of nitrogens with zero attached hydrogens (tertiary/aromatic N) is 1. The van der Waals surface area contributed by atoms with E-state index >= 15 is 0 Å². The van der Waals surface area contributed by atoms with Gasteiger partial charge in [-0.25, -0.2) is 0 Å². The Labute approximate surface area is 179 Å². The van der Waals surface area contributed by atoms with Crippen LogP contribution in [0.4, 0.5) is 0 Å². The van der Waals surface area contributed by atoms with Crippen molar-refractivity contribution in [3.8, 4) is 0 Å². The van der Waals surface area contributed by atoms with Crippen molar-refractivity contribution in [1.29, 1.82) is 0 Å². The summed E-state index contributed by atoms with van der Waals surface area (Å²) >= 11 is 0. The SMILES string of the molecule is C[C@]12CCC(=NO[C@@H]3CCNC3)CC1C(NC=O)C[C@@H]1[C@H]2CC[C@]2(C)C(=O)CC[C@@H]12. The standard InChI is InChI=1S/C24H37N3O3/c1-23-8-5-15(27-30-16-7-10-25-13-16)11-20(23)21(26-14-28)12-17-18-3-4-22(29)24(18,2)9-6-19(17)23/h14,16-21,25H,3-13H2,1-2H3,(H,26,28)/t16-,17+,18+,19-,20?,21?,23-,24+/m1/s1. The van der Waals surface area contributed by atoms with Crippen LogP contribution < -0.4 is 10.6 Å². The maximum atomic E-state index is 12.7. The second-order valence-corrected chi connectivity index (χ2v) is 11.1. The average molecular weight is 416 g/mol. The molecular weight excluding hydrogens is 378 g/mol. The van der Waals surface area contributed by atoms with E-state index in [0.29, 0.717) is 29.5 Å². The summed E-state index contributed by atoms with van der Waals surface area (Å²) in [7, 11) is 0. The summed E-state index contributed by atoms with van der Waals surface area (Å²) < 4.78 is 0. The van der Waals surface area contributed by atoms with Gasteiger partial charge in [-0.05, 0) is 80.6 Å². The van der Waals surface area contributed by atoms with Gasteiger partial charge in [0.25, 0.3) is 0 Å². The minimum Gasteiger partial charge on any atom is -0.391 e. The molecule has 0 spiro atoms. The van der Waals surface area contributed by atoms with Crippen LogP contribution in [0.5, 0.6) is 0 Å². The van der Waals surface area contributed by atoms with Gasteiger partial charge in [0.05, 0.1) is 5.71 Å². The Morgan fingerprint density at radius 3 is 2.77 bits per heavy atom. The van der Waals surface area contributed by atoms with Crippen molar-refractivity contribution < 1.29 is 14.4 Å². The minimum atomic E-state index is -0.124. The van der Waals surface area contributed by atoms with Crippen LogP contribution in [-0.2, 0) is 14.4 Å². The Morgan fingerprint density at radius 2 is 2.00 bits per heavy atom. The molecule has 5 rings (SSSR count). The number of hydrogen-bond donors (Lipinski definition) is 2. The Morgan fingerprint density at radius 1 is 1.13 bits per heavy atom. The smallest absolute Gasteiger partial charge is 0.207 e. The summed E-state index contributed by atoms with van der Waals surface area (Å²) in [6.45, 7) is 6.58. The Balaban J connectivity index is 1.38. The largest absolute Gasteiger partial charge is 0.391 e. The first-order valence-electron chi connectivity index (χ1n) is 12.1. The molecule has 1 aliphatic heterocycles. The van der Waals surface area contributed by atoms with Gasteiger partial charge < -0.3 is 15.5 Å². The van der Waals surface area contributed by atoms with Crippen molar-refractivity contribution >= 4 is 17.9 Å². The topological polar surface area (TPSA) is 79.8 Å². The highest BCUT2D eigenvalue weighted by Crippen LogP contribution is 2.65. The molecule has 0 aromatic rings. The quantitative estimate of drug-likeness (QED) is 0.546. The van der Waals surface area contributed by atoms with Crippen molar-refractivity contribution in [2.75, 3.05) is 13.1 Å². The van der Waals surface area contributed by atoms with E-state index in [2.05, 4.69) is 29.6 Å². The lowest BCUT2D eigenvalue weighted by molar-refractivity contribution is -0.140. The number of amides is 1. The van der Waals surface area contributed by atoms with Crippen molar-refractivity contribution in [2.45, 2.75) is 83.8 Å². The van der Waals surface area contributed by atoms with E-state index in [0.717, 1.165) is 83.0 Å². The number of Topliss-reactive ketones (excluding diaryl/α,β-unsaturated/α-hetero) is 1. The Bertz CT molecular complexity index is 733. The van der Waals surface area contributed by atoms with Gasteiger partial charge in [0.2, 0.25) is 6.41 Å². The van der Waals surface area contributed by atoms with E-state index in [1.165, 1.54) is 0 Å². The summed E-state index contributed by atoms with van der Waals surface area (Å²) in [5, 5.41) is 11.1. The van der Waals surface area contributed by atoms with Crippen molar-refractivity contribution in [3.05, 3.63) is 0 Å². The highest BCUT2D eigenvalue weighted by atomic mass is 16.6. The molecule has 166 valence electrons. The zero-order valence-corrected chi connectivity index (χ0v) is 18.5. The third-order valence-electron chi connectivity index (χ3n) is 9.89. The van der Waals surface area contributed by atoms with Crippen molar-refractivity contribution in [2.24, 2.45) is 39.7 Å². The molecule has 6 heteroatoms. The molecule has 0 aromatic heterocycles. The number of fused-ring (bicyclic) bond motifs is 5. The van der Waals surface area contributed by atoms with Crippen LogP contribution in [0, 0.1) is 34.5 Å². The zero-order valence-electron chi connectivity index (χ0n) is 18.5. The molecule has 4 saturated carbocycles. The lowest BCUT2D eigenvalue weighted by Crippen LogP contribution is -2.60. The highest BCUT2D eigenvalue weighted by Gasteiger charge is 2.62. The molecule has 0 aromatic carbocycles. The third kappa shape index (κ3) is 3.12. The third-order valence-corrected chi connectivity index (χ3v) is 9.89. The van der Waals surface area contributed by atoms with Crippen LogP contribution in [-0.4, -0.2) is 43.1 Å². The molecule has 0 bridgehead atoms. The van der Waals surface area contributed by atoms with Crippen LogP contribution in [0.15, 0.2) is 5.16 Å². The molecular formula is C24H37N3O3. The minimum absolute atomic E-state index is 0.124. The fourth-order valence-electron chi connectivity index (χ4n) is 8.14. The van der Waals surface area contributed by atoms with E-state index in [1.807, 2.05) is 0 Å². The van der Waals surface area contributed by atoms with E-state index in [9.17, 15) is 9.59 Å². The first-order valence-corrected chi connectivity index (χ1v) is 12.1. The van der Waals surface area contributed by atoms with Gasteiger partial charge in [0, 0.05) is 30.8 Å². The molecule has 4 aliphatic carbocycles. The second kappa shape index (κ2) is 7.61. The molecule has 1 amide bonds. The number of carbonyl (C=O) groups is 2. The first kappa shape index (κ1) is 20.5. The molecule has 1 saturated heterocycles. The maximum absolute atomic E-state index is 12.7. The number of rotatable bonds is 4. The maximum Gasteiger partial charge on any atom is 0.207 e. The van der Waals surface area contributed by atoms with Crippen LogP contribution in [0.1, 0.15) is 71.6 Å². The molecule has 6 nitrogen and oxygen atoms in total. The van der Waals surface area contributed by atoms with Crippen LogP contribution in [0.3, 0.4) is 0 Å². The Hall–Kier alpha value is -1.43. The number of ketones is 1. The van der Waals surface area contributed by atoms with E-state index in [4.69, 9.17) is 4.84 Å². The summed E-state index contributed by atoms with van der Waals surface area (Å²) in [5.41, 5.74) is 1.24. The molecule has 0 radical (unpaired) electrons. The monoisotopic (exact) mass is 415 g/mol. The highest BCUT2D eigenvalue weighted by molar-refractivity contribution is 5.87. The summed E-state index contributed by atoms with van der Waals surface area (Å²) in [6, 6.07) is 0.172. The molecule has 5 aliphatic rings. The van der Waals surface area contributed by atoms with Gasteiger partial charge in [-0.1, -0.05) is 19.0 Å². The lowest BCUT2D eigenvalue weighted by Gasteiger charge is -2.61. The lowest BCUT2D eigenvalue weighted by atomic mass is 9.44. The number of oxime groups is 1. The molecule has 5 fully saturated rings. The zero-order chi connectivity index (χ0) is 20.9. The Kier molecular flexibility index (Phi) is 5.19. The number of carbonyl (C=O) groups excluding carboxylic acids is 2. The van der Waals surface area contributed by atoms with Gasteiger partial charge in [0.1, 0.15) is 11.9 Å². The fourth-order valence-corrected chi connectivity index (χ4v) is 8.14. The van der Waals surface area contributed by atoms with Crippen molar-refractivity contribution in [3.63, 3.8) is 0 Å². The van der Waals surface area contributed by atoms with Gasteiger partial charge in [-0.3, -0.25) is 9.59 Å². The summed E-state index contributed by atoms with van der Waals surface area (Å²) in [5.74, 6) is 2.58. The molecule has 1 heterocycles. The number of hydrogen-bond acceptors (Lipinski definition) is 5. The van der Waals surface area contributed by atoms with E-state index in [1.54, 1.807) is 0 Å². The van der Waals surface area contributed by atoms with Gasteiger partial charge >= 0.3 is 0 Å². The second-order valence-electron chi connectivity index (χ2n) is 11.1. The predicted octanol–water partition coefficient (Wildman–Crippen LogP) is 3.06. The van der Waals surface area contributed by atoms with Crippen molar-refractivity contribution in [1.82, 2.24) is 10.6 Å².